The summed E-state index contributed by atoms with van der Waals surface area (Å²) in [6, 6.07) is 15.1. The van der Waals surface area contributed by atoms with Gasteiger partial charge in [0.2, 0.25) is 5.88 Å². The van der Waals surface area contributed by atoms with Crippen LogP contribution in [0.25, 0.3) is 16.6 Å². The van der Waals surface area contributed by atoms with E-state index in [1.165, 1.54) is 18.6 Å². The number of aromatic nitrogens is 3. The summed E-state index contributed by atoms with van der Waals surface area (Å²) in [6.07, 6.45) is 5.80. The Balaban J connectivity index is 1.80. The molecule has 0 aliphatic heterocycles. The van der Waals surface area contributed by atoms with E-state index in [-0.39, 0.29) is 17.3 Å². The maximum atomic E-state index is 12.9. The molecule has 29 heavy (non-hydrogen) atoms. The second-order valence-corrected chi connectivity index (χ2v) is 6.05. The first kappa shape index (κ1) is 18.1. The molecule has 2 N–H and O–H groups in total. The molecule has 4 aromatic rings. The van der Waals surface area contributed by atoms with Crippen LogP contribution in [0.3, 0.4) is 0 Å². The van der Waals surface area contributed by atoms with Crippen LogP contribution in [0.2, 0.25) is 0 Å². The minimum Gasteiger partial charge on any atom is -0.494 e. The van der Waals surface area contributed by atoms with Crippen molar-refractivity contribution in [2.45, 2.75) is 0 Å². The first-order valence-corrected chi connectivity index (χ1v) is 8.68. The van der Waals surface area contributed by atoms with Crippen molar-refractivity contribution in [2.75, 3.05) is 0 Å². The fourth-order valence-corrected chi connectivity index (χ4v) is 2.90. The fourth-order valence-electron chi connectivity index (χ4n) is 2.90. The third-order valence-corrected chi connectivity index (χ3v) is 4.27. The molecule has 3 aromatic heterocycles. The van der Waals surface area contributed by atoms with E-state index >= 15 is 0 Å². The molecule has 0 aliphatic rings. The minimum atomic E-state index is -0.448. The normalized spacial score (nSPS) is 11.0. The van der Waals surface area contributed by atoms with Gasteiger partial charge in [-0.05, 0) is 30.3 Å². The van der Waals surface area contributed by atoms with Crippen LogP contribution in [0.1, 0.15) is 15.9 Å². The van der Waals surface area contributed by atoms with E-state index in [1.807, 2.05) is 0 Å². The number of benzene rings is 1. The van der Waals surface area contributed by atoms with Crippen molar-refractivity contribution in [3.05, 3.63) is 94.7 Å². The lowest BCUT2D eigenvalue weighted by Gasteiger charge is -2.12. The van der Waals surface area contributed by atoms with Crippen LogP contribution in [0.15, 0.2) is 83.1 Å². The predicted molar refractivity (Wildman–Crippen MR) is 108 cm³/mol. The number of nitrogens with zero attached hydrogens (tertiary/aromatic N) is 4. The maximum Gasteiger partial charge on any atom is 0.272 e. The predicted octanol–water partition coefficient (Wildman–Crippen LogP) is 2.25. The molecule has 0 saturated heterocycles. The van der Waals surface area contributed by atoms with Crippen molar-refractivity contribution in [1.82, 2.24) is 20.0 Å². The van der Waals surface area contributed by atoms with Crippen LogP contribution in [0.4, 0.5) is 0 Å². The lowest BCUT2D eigenvalue weighted by molar-refractivity contribution is 0.0954. The van der Waals surface area contributed by atoms with Crippen molar-refractivity contribution in [1.29, 1.82) is 0 Å². The molecule has 0 spiro atoms. The zero-order chi connectivity index (χ0) is 20.2. The Morgan fingerprint density at radius 3 is 2.55 bits per heavy atom. The van der Waals surface area contributed by atoms with E-state index in [0.29, 0.717) is 16.3 Å². The number of nitrogens with one attached hydrogen (secondary N) is 1. The van der Waals surface area contributed by atoms with Gasteiger partial charge in [0.15, 0.2) is 0 Å². The SMILES string of the molecule is O=C(N/N=C/c1c(O)n(-c2ccccn2)c(=O)c2ccccc12)c1cccnc1. The molecule has 0 atom stereocenters. The lowest BCUT2D eigenvalue weighted by Crippen LogP contribution is -2.21. The van der Waals surface area contributed by atoms with Crippen LogP contribution >= 0.6 is 0 Å². The molecular formula is C21H15N5O3. The van der Waals surface area contributed by atoms with Crippen LogP contribution in [-0.2, 0) is 0 Å². The van der Waals surface area contributed by atoms with Gasteiger partial charge in [-0.3, -0.25) is 14.6 Å². The van der Waals surface area contributed by atoms with Crippen molar-refractivity contribution in [3.63, 3.8) is 0 Å². The van der Waals surface area contributed by atoms with Crippen LogP contribution in [0, 0.1) is 0 Å². The third kappa shape index (κ3) is 3.46. The van der Waals surface area contributed by atoms with E-state index in [9.17, 15) is 14.7 Å². The summed E-state index contributed by atoms with van der Waals surface area (Å²) in [5, 5.41) is 15.6. The Bertz CT molecular complexity index is 1270. The van der Waals surface area contributed by atoms with E-state index in [2.05, 4.69) is 20.5 Å². The van der Waals surface area contributed by atoms with Crippen molar-refractivity contribution >= 4 is 22.9 Å². The topological polar surface area (TPSA) is 109 Å². The van der Waals surface area contributed by atoms with Gasteiger partial charge < -0.3 is 5.11 Å². The monoisotopic (exact) mass is 385 g/mol. The van der Waals surface area contributed by atoms with Gasteiger partial charge in [0.25, 0.3) is 11.5 Å². The molecule has 0 saturated carbocycles. The summed E-state index contributed by atoms with van der Waals surface area (Å²) < 4.78 is 1.10. The summed E-state index contributed by atoms with van der Waals surface area (Å²) in [4.78, 5) is 33.1. The highest BCUT2D eigenvalue weighted by Gasteiger charge is 2.16. The number of fused-ring (bicyclic) bond motifs is 1. The second-order valence-electron chi connectivity index (χ2n) is 6.05. The molecule has 0 unspecified atom stereocenters. The Hall–Kier alpha value is -4.33. The van der Waals surface area contributed by atoms with E-state index in [4.69, 9.17) is 0 Å². The molecule has 4 rings (SSSR count). The molecule has 0 aliphatic carbocycles. The number of rotatable bonds is 4. The molecule has 0 radical (unpaired) electrons. The minimum absolute atomic E-state index is 0.273. The summed E-state index contributed by atoms with van der Waals surface area (Å²) in [7, 11) is 0. The smallest absolute Gasteiger partial charge is 0.272 e. The van der Waals surface area contributed by atoms with Crippen molar-refractivity contribution < 1.29 is 9.90 Å². The number of hydrogen-bond donors (Lipinski definition) is 2. The standard InChI is InChI=1S/C21H15N5O3/c27-19(14-6-5-10-22-12-14)25-24-13-17-15-7-1-2-8-16(15)20(28)26(21(17)29)18-9-3-4-11-23-18/h1-13,29H,(H,25,27)/b24-13+. The van der Waals surface area contributed by atoms with Gasteiger partial charge in [-0.2, -0.15) is 5.10 Å². The summed E-state index contributed by atoms with van der Waals surface area (Å²) in [6.45, 7) is 0. The average molecular weight is 385 g/mol. The largest absolute Gasteiger partial charge is 0.494 e. The number of hydrazone groups is 1. The number of carbonyl (C=O) groups is 1. The van der Waals surface area contributed by atoms with Gasteiger partial charge >= 0.3 is 0 Å². The Morgan fingerprint density at radius 2 is 1.83 bits per heavy atom. The highest BCUT2D eigenvalue weighted by molar-refractivity contribution is 6.02. The molecule has 0 fully saturated rings. The molecule has 3 heterocycles. The lowest BCUT2D eigenvalue weighted by atomic mass is 10.1. The van der Waals surface area contributed by atoms with E-state index in [0.717, 1.165) is 4.57 Å². The van der Waals surface area contributed by atoms with Crippen LogP contribution in [-0.4, -0.2) is 31.8 Å². The van der Waals surface area contributed by atoms with Gasteiger partial charge in [0, 0.05) is 29.4 Å². The van der Waals surface area contributed by atoms with E-state index < -0.39 is 11.5 Å². The highest BCUT2D eigenvalue weighted by atomic mass is 16.3. The third-order valence-electron chi connectivity index (χ3n) is 4.27. The Labute approximate surface area is 164 Å². The van der Waals surface area contributed by atoms with Gasteiger partial charge in [0.05, 0.1) is 17.3 Å². The molecule has 1 amide bonds. The average Bonchev–Trinajstić information content (AvgIpc) is 2.77. The number of pyridine rings is 3. The Kier molecular flexibility index (Phi) is 4.81. The number of carbonyl (C=O) groups excluding carboxylic acids is 1. The zero-order valence-corrected chi connectivity index (χ0v) is 15.1. The number of amides is 1. The van der Waals surface area contributed by atoms with Crippen molar-refractivity contribution in [3.8, 4) is 11.7 Å². The molecule has 8 heteroatoms. The highest BCUT2D eigenvalue weighted by Crippen LogP contribution is 2.25. The first-order chi connectivity index (χ1) is 14.2. The van der Waals surface area contributed by atoms with Gasteiger partial charge in [0.1, 0.15) is 5.82 Å². The van der Waals surface area contributed by atoms with Crippen LogP contribution in [0.5, 0.6) is 5.88 Å². The van der Waals surface area contributed by atoms with Crippen LogP contribution < -0.4 is 11.0 Å². The van der Waals surface area contributed by atoms with Gasteiger partial charge in [-0.15, -0.1) is 0 Å². The summed E-state index contributed by atoms with van der Waals surface area (Å²) >= 11 is 0. The summed E-state index contributed by atoms with van der Waals surface area (Å²) in [5.74, 6) is -0.502. The number of aromatic hydroxyl groups is 1. The summed E-state index contributed by atoms with van der Waals surface area (Å²) in [5.41, 5.74) is 2.60. The second kappa shape index (κ2) is 7.73. The van der Waals surface area contributed by atoms with E-state index in [1.54, 1.807) is 60.8 Å². The molecule has 8 nitrogen and oxygen atoms in total. The quantitative estimate of drug-likeness (QED) is 0.414. The molecular weight excluding hydrogens is 370 g/mol. The van der Waals surface area contributed by atoms with Gasteiger partial charge in [-0.1, -0.05) is 24.3 Å². The molecule has 0 bridgehead atoms. The number of hydrogen-bond acceptors (Lipinski definition) is 6. The van der Waals surface area contributed by atoms with Crippen molar-refractivity contribution in [2.24, 2.45) is 5.10 Å². The molecule has 1 aromatic carbocycles. The Morgan fingerprint density at radius 1 is 1.03 bits per heavy atom. The first-order valence-electron chi connectivity index (χ1n) is 8.68. The maximum absolute atomic E-state index is 12.9. The fraction of sp³-hybridized carbons (Fsp3) is 0. The molecule has 142 valence electrons. The van der Waals surface area contributed by atoms with Gasteiger partial charge in [-0.25, -0.2) is 15.0 Å². The zero-order valence-electron chi connectivity index (χ0n) is 15.1.